The topological polar surface area (TPSA) is 66.9 Å². The molecular formula is C18H24N4O. The van der Waals surface area contributed by atoms with Gasteiger partial charge >= 0.3 is 0 Å². The van der Waals surface area contributed by atoms with Crippen LogP contribution in [-0.2, 0) is 6.42 Å². The quantitative estimate of drug-likeness (QED) is 0.825. The highest BCUT2D eigenvalue weighted by Gasteiger charge is 2.17. The lowest BCUT2D eigenvalue weighted by molar-refractivity contribution is 0.0948. The van der Waals surface area contributed by atoms with Crippen LogP contribution in [0.3, 0.4) is 0 Å². The Hall–Kier alpha value is -2.43. The zero-order chi connectivity index (χ0) is 16.7. The molecule has 0 aliphatic rings. The first kappa shape index (κ1) is 16.9. The van der Waals surface area contributed by atoms with E-state index in [9.17, 15) is 4.79 Å². The fourth-order valence-electron chi connectivity index (χ4n) is 2.33. The minimum absolute atomic E-state index is 0.122. The van der Waals surface area contributed by atoms with E-state index in [2.05, 4.69) is 34.4 Å². The van der Waals surface area contributed by atoms with Crippen molar-refractivity contribution in [2.24, 2.45) is 5.92 Å². The summed E-state index contributed by atoms with van der Waals surface area (Å²) in [7, 11) is 0. The molecule has 0 bridgehead atoms. The van der Waals surface area contributed by atoms with Crippen LogP contribution in [0, 0.1) is 5.92 Å². The number of aromatic nitrogens is 2. The number of rotatable bonds is 7. The van der Waals surface area contributed by atoms with E-state index in [0.717, 1.165) is 11.4 Å². The van der Waals surface area contributed by atoms with E-state index >= 15 is 0 Å². The van der Waals surface area contributed by atoms with Gasteiger partial charge < -0.3 is 10.6 Å². The first-order valence-electron chi connectivity index (χ1n) is 8.00. The molecule has 0 fully saturated rings. The molecule has 122 valence electrons. The normalized spacial score (nSPS) is 12.0. The van der Waals surface area contributed by atoms with Crippen LogP contribution in [0.25, 0.3) is 0 Å². The fraction of sp³-hybridized carbons (Fsp3) is 0.389. The van der Waals surface area contributed by atoms with E-state index in [1.807, 2.05) is 37.3 Å². The van der Waals surface area contributed by atoms with Crippen molar-refractivity contribution in [3.05, 3.63) is 54.1 Å². The molecule has 1 aromatic carbocycles. The number of para-hydroxylation sites is 1. The number of carbonyl (C=O) groups excluding carboxylic acids is 1. The molecule has 0 aliphatic carbocycles. The molecule has 1 unspecified atom stereocenters. The summed E-state index contributed by atoms with van der Waals surface area (Å²) in [6.07, 6.45) is 3.76. The molecule has 23 heavy (non-hydrogen) atoms. The van der Waals surface area contributed by atoms with Crippen LogP contribution in [0.4, 0.5) is 5.69 Å². The van der Waals surface area contributed by atoms with Crippen LogP contribution in [0.2, 0.25) is 0 Å². The molecule has 1 amide bonds. The summed E-state index contributed by atoms with van der Waals surface area (Å²) in [5, 5.41) is 6.46. The number of carbonyl (C=O) groups is 1. The summed E-state index contributed by atoms with van der Waals surface area (Å²) in [5.41, 5.74) is 2.38. The largest absolute Gasteiger partial charge is 0.380 e. The van der Waals surface area contributed by atoms with Crippen LogP contribution in [0.5, 0.6) is 0 Å². The second kappa shape index (κ2) is 8.27. The van der Waals surface area contributed by atoms with Crippen molar-refractivity contribution in [3.8, 4) is 0 Å². The van der Waals surface area contributed by atoms with Gasteiger partial charge in [0, 0.05) is 24.5 Å². The summed E-state index contributed by atoms with van der Waals surface area (Å²) in [4.78, 5) is 20.5. The molecule has 0 aliphatic heterocycles. The van der Waals surface area contributed by atoms with Crippen molar-refractivity contribution in [2.75, 3.05) is 11.9 Å². The van der Waals surface area contributed by atoms with Crippen LogP contribution in [0.15, 0.2) is 42.9 Å². The number of nitrogens with zero attached hydrogens (tertiary/aromatic N) is 2. The molecule has 0 saturated heterocycles. The van der Waals surface area contributed by atoms with Gasteiger partial charge in [-0.3, -0.25) is 4.79 Å². The van der Waals surface area contributed by atoms with E-state index in [0.29, 0.717) is 24.4 Å². The number of amides is 1. The van der Waals surface area contributed by atoms with Crippen molar-refractivity contribution in [1.82, 2.24) is 15.3 Å². The van der Waals surface area contributed by atoms with Crippen LogP contribution in [0.1, 0.15) is 36.8 Å². The molecule has 0 spiro atoms. The van der Waals surface area contributed by atoms with Crippen molar-refractivity contribution in [2.45, 2.75) is 33.2 Å². The maximum absolute atomic E-state index is 12.4. The SMILES string of the molecule is CCc1ncncc1C(=O)NCC(Nc1ccccc1)C(C)C. The van der Waals surface area contributed by atoms with E-state index in [-0.39, 0.29) is 11.9 Å². The highest BCUT2D eigenvalue weighted by molar-refractivity contribution is 5.94. The molecule has 1 atom stereocenters. The lowest BCUT2D eigenvalue weighted by Crippen LogP contribution is -2.40. The summed E-state index contributed by atoms with van der Waals surface area (Å²) in [6.45, 7) is 6.79. The maximum Gasteiger partial charge on any atom is 0.254 e. The highest BCUT2D eigenvalue weighted by atomic mass is 16.1. The average molecular weight is 312 g/mol. The van der Waals surface area contributed by atoms with Gasteiger partial charge in [0.05, 0.1) is 11.3 Å². The third kappa shape index (κ3) is 4.77. The van der Waals surface area contributed by atoms with E-state index < -0.39 is 0 Å². The van der Waals surface area contributed by atoms with Gasteiger partial charge in [-0.2, -0.15) is 0 Å². The minimum atomic E-state index is -0.122. The molecule has 2 rings (SSSR count). The molecule has 1 aromatic heterocycles. The Balaban J connectivity index is 2.00. The number of aryl methyl sites for hydroxylation is 1. The first-order chi connectivity index (χ1) is 11.1. The van der Waals surface area contributed by atoms with Crippen LogP contribution >= 0.6 is 0 Å². The zero-order valence-electron chi connectivity index (χ0n) is 13.9. The van der Waals surface area contributed by atoms with Gasteiger partial charge in [0.1, 0.15) is 6.33 Å². The minimum Gasteiger partial charge on any atom is -0.380 e. The van der Waals surface area contributed by atoms with Gasteiger partial charge in [0.2, 0.25) is 0 Å². The Labute approximate surface area is 137 Å². The van der Waals surface area contributed by atoms with Crippen molar-refractivity contribution < 1.29 is 4.79 Å². The maximum atomic E-state index is 12.4. The lowest BCUT2D eigenvalue weighted by atomic mass is 10.0. The molecular weight excluding hydrogens is 288 g/mol. The standard InChI is InChI=1S/C18H24N4O/c1-4-16-15(10-19-12-21-16)18(23)20-11-17(13(2)3)22-14-8-6-5-7-9-14/h5-10,12-13,17,22H,4,11H2,1-3H3,(H,20,23). The molecule has 5 nitrogen and oxygen atoms in total. The zero-order valence-corrected chi connectivity index (χ0v) is 13.9. The van der Waals surface area contributed by atoms with Crippen LogP contribution < -0.4 is 10.6 Å². The number of hydrogen-bond acceptors (Lipinski definition) is 4. The molecule has 2 aromatic rings. The van der Waals surface area contributed by atoms with E-state index in [1.165, 1.54) is 6.33 Å². The second-order valence-electron chi connectivity index (χ2n) is 5.81. The van der Waals surface area contributed by atoms with Crippen LogP contribution in [-0.4, -0.2) is 28.5 Å². The first-order valence-corrected chi connectivity index (χ1v) is 8.00. The highest BCUT2D eigenvalue weighted by Crippen LogP contribution is 2.12. The van der Waals surface area contributed by atoms with Crippen molar-refractivity contribution in [3.63, 3.8) is 0 Å². The van der Waals surface area contributed by atoms with Gasteiger partial charge in [-0.25, -0.2) is 9.97 Å². The van der Waals surface area contributed by atoms with Crippen molar-refractivity contribution in [1.29, 1.82) is 0 Å². The Kier molecular flexibility index (Phi) is 6.09. The van der Waals surface area contributed by atoms with Crippen molar-refractivity contribution >= 4 is 11.6 Å². The Morgan fingerprint density at radius 2 is 1.96 bits per heavy atom. The van der Waals surface area contributed by atoms with E-state index in [1.54, 1.807) is 6.20 Å². The van der Waals surface area contributed by atoms with Gasteiger partial charge in [-0.05, 0) is 24.5 Å². The van der Waals surface area contributed by atoms with Gasteiger partial charge in [-0.1, -0.05) is 39.0 Å². The molecule has 1 heterocycles. The third-order valence-corrected chi connectivity index (χ3v) is 3.79. The smallest absolute Gasteiger partial charge is 0.254 e. The Morgan fingerprint density at radius 1 is 1.22 bits per heavy atom. The number of hydrogen-bond donors (Lipinski definition) is 2. The summed E-state index contributed by atoms with van der Waals surface area (Å²) < 4.78 is 0. The molecule has 0 saturated carbocycles. The molecule has 2 N–H and O–H groups in total. The summed E-state index contributed by atoms with van der Waals surface area (Å²) in [6, 6.07) is 10.2. The molecule has 5 heteroatoms. The monoisotopic (exact) mass is 312 g/mol. The van der Waals surface area contributed by atoms with Gasteiger partial charge in [0.15, 0.2) is 0 Å². The lowest BCUT2D eigenvalue weighted by Gasteiger charge is -2.24. The fourth-order valence-corrected chi connectivity index (χ4v) is 2.33. The third-order valence-electron chi connectivity index (χ3n) is 3.79. The molecule has 0 radical (unpaired) electrons. The number of benzene rings is 1. The predicted molar refractivity (Wildman–Crippen MR) is 92.4 cm³/mol. The summed E-state index contributed by atoms with van der Waals surface area (Å²) in [5.74, 6) is 0.260. The summed E-state index contributed by atoms with van der Waals surface area (Å²) >= 11 is 0. The van der Waals surface area contributed by atoms with Gasteiger partial charge in [-0.15, -0.1) is 0 Å². The Bertz CT molecular complexity index is 628. The predicted octanol–water partition coefficient (Wildman–Crippen LogP) is 2.91. The number of anilines is 1. The second-order valence-corrected chi connectivity index (χ2v) is 5.81. The number of nitrogens with one attached hydrogen (secondary N) is 2. The Morgan fingerprint density at radius 3 is 2.61 bits per heavy atom. The average Bonchev–Trinajstić information content (AvgIpc) is 2.58. The van der Waals surface area contributed by atoms with Gasteiger partial charge in [0.25, 0.3) is 5.91 Å². The van der Waals surface area contributed by atoms with E-state index in [4.69, 9.17) is 0 Å².